The molecule has 1 aromatic heterocycles. The number of para-hydroxylation sites is 2. The van der Waals surface area contributed by atoms with Gasteiger partial charge in [0.05, 0.1) is 6.54 Å². The molecule has 0 atom stereocenters. The monoisotopic (exact) mass is 464 g/mol. The molecule has 0 saturated carbocycles. The van der Waals surface area contributed by atoms with Crippen molar-refractivity contribution in [3.05, 3.63) is 107 Å². The molecular weight excluding hydrogens is 440 g/mol. The van der Waals surface area contributed by atoms with Crippen LogP contribution in [-0.2, 0) is 22.7 Å². The topological polar surface area (TPSA) is 83.4 Å². The van der Waals surface area contributed by atoms with E-state index in [9.17, 15) is 14.4 Å². The van der Waals surface area contributed by atoms with Gasteiger partial charge in [0.15, 0.2) is 0 Å². The molecule has 1 saturated heterocycles. The Kier molecular flexibility index (Phi) is 5.89. The zero-order valence-corrected chi connectivity index (χ0v) is 19.2. The number of aryl methyl sites for hydroxylation is 1. The summed E-state index contributed by atoms with van der Waals surface area (Å²) in [6, 6.07) is 24.2. The van der Waals surface area contributed by atoms with Crippen molar-refractivity contribution in [3.8, 4) is 0 Å². The molecule has 7 nitrogen and oxygen atoms in total. The van der Waals surface area contributed by atoms with E-state index in [4.69, 9.17) is 0 Å². The highest BCUT2D eigenvalue weighted by atomic mass is 16.2. The zero-order chi connectivity index (χ0) is 24.4. The van der Waals surface area contributed by atoms with Crippen LogP contribution in [0.3, 0.4) is 0 Å². The lowest BCUT2D eigenvalue weighted by atomic mass is 10.1. The number of hydrogen-bond donors (Lipinski definition) is 2. The first kappa shape index (κ1) is 22.2. The molecule has 0 aliphatic carbocycles. The number of anilines is 1. The van der Waals surface area contributed by atoms with Gasteiger partial charge in [-0.15, -0.1) is 0 Å². The van der Waals surface area contributed by atoms with Gasteiger partial charge in [-0.05, 0) is 36.8 Å². The Labute approximate surface area is 202 Å². The van der Waals surface area contributed by atoms with Crippen molar-refractivity contribution < 1.29 is 14.4 Å². The third-order valence-electron chi connectivity index (χ3n) is 5.88. The molecule has 1 fully saturated rings. The molecule has 3 aromatic carbocycles. The molecule has 0 unspecified atom stereocenters. The Bertz CT molecular complexity index is 1470. The predicted molar refractivity (Wildman–Crippen MR) is 135 cm³/mol. The van der Waals surface area contributed by atoms with Crippen LogP contribution in [0.15, 0.2) is 90.8 Å². The molecule has 35 heavy (non-hydrogen) atoms. The number of rotatable bonds is 6. The first-order valence-electron chi connectivity index (χ1n) is 11.3. The minimum atomic E-state index is -0.450. The number of nitrogens with one attached hydrogen (secondary N) is 2. The maximum absolute atomic E-state index is 13.0. The third-order valence-corrected chi connectivity index (χ3v) is 5.88. The molecule has 7 heteroatoms. The standard InChI is InChI=1S/C28H24N4O3/c1-19-8-7-9-20(14-19)16-32-27(34)24(30-28(32)35)15-21-17-31(25-13-6-5-12-23(21)25)18-26(33)29-22-10-3-2-4-11-22/h2-15,17H,16,18H2,1H3,(H,29,33)(H,30,35)/b24-15+. The average molecular weight is 465 g/mol. The first-order chi connectivity index (χ1) is 17.0. The van der Waals surface area contributed by atoms with Crippen LogP contribution in [0.2, 0.25) is 0 Å². The lowest BCUT2D eigenvalue weighted by Crippen LogP contribution is -2.30. The van der Waals surface area contributed by atoms with E-state index in [-0.39, 0.29) is 30.6 Å². The maximum Gasteiger partial charge on any atom is 0.329 e. The fourth-order valence-electron chi connectivity index (χ4n) is 4.26. The minimum Gasteiger partial charge on any atom is -0.337 e. The van der Waals surface area contributed by atoms with Crippen LogP contribution in [0, 0.1) is 6.92 Å². The van der Waals surface area contributed by atoms with Crippen LogP contribution in [0.5, 0.6) is 0 Å². The van der Waals surface area contributed by atoms with Crippen LogP contribution in [-0.4, -0.2) is 27.3 Å². The largest absolute Gasteiger partial charge is 0.337 e. The van der Waals surface area contributed by atoms with Gasteiger partial charge in [0.2, 0.25) is 5.91 Å². The number of benzene rings is 3. The summed E-state index contributed by atoms with van der Waals surface area (Å²) in [5, 5.41) is 6.47. The van der Waals surface area contributed by atoms with E-state index in [1.54, 1.807) is 6.08 Å². The van der Waals surface area contributed by atoms with Crippen molar-refractivity contribution in [2.45, 2.75) is 20.0 Å². The molecule has 4 amide bonds. The van der Waals surface area contributed by atoms with Gasteiger partial charge in [-0.25, -0.2) is 4.79 Å². The van der Waals surface area contributed by atoms with E-state index in [1.165, 1.54) is 4.90 Å². The molecule has 4 aromatic rings. The van der Waals surface area contributed by atoms with Gasteiger partial charge >= 0.3 is 6.03 Å². The van der Waals surface area contributed by atoms with E-state index in [2.05, 4.69) is 10.6 Å². The zero-order valence-electron chi connectivity index (χ0n) is 19.2. The summed E-state index contributed by atoms with van der Waals surface area (Å²) in [5.74, 6) is -0.541. The molecule has 0 bridgehead atoms. The van der Waals surface area contributed by atoms with Crippen molar-refractivity contribution in [2.75, 3.05) is 5.32 Å². The second-order valence-corrected chi connectivity index (χ2v) is 8.51. The van der Waals surface area contributed by atoms with E-state index in [0.29, 0.717) is 0 Å². The predicted octanol–water partition coefficient (Wildman–Crippen LogP) is 4.68. The molecular formula is C28H24N4O3. The summed E-state index contributed by atoms with van der Waals surface area (Å²) >= 11 is 0. The summed E-state index contributed by atoms with van der Waals surface area (Å²) in [5.41, 5.74) is 4.49. The number of hydrogen-bond acceptors (Lipinski definition) is 3. The highest BCUT2D eigenvalue weighted by Gasteiger charge is 2.33. The molecule has 2 heterocycles. The molecule has 5 rings (SSSR count). The summed E-state index contributed by atoms with van der Waals surface area (Å²) in [6.07, 6.45) is 3.50. The number of carbonyl (C=O) groups is 3. The number of imide groups is 1. The fraction of sp³-hybridized carbons (Fsp3) is 0.107. The smallest absolute Gasteiger partial charge is 0.329 e. The number of nitrogens with zero attached hydrogens (tertiary/aromatic N) is 2. The van der Waals surface area contributed by atoms with Gasteiger partial charge < -0.3 is 15.2 Å². The van der Waals surface area contributed by atoms with Gasteiger partial charge in [0, 0.05) is 28.4 Å². The van der Waals surface area contributed by atoms with Crippen LogP contribution < -0.4 is 10.6 Å². The molecule has 0 radical (unpaired) electrons. The highest BCUT2D eigenvalue weighted by Crippen LogP contribution is 2.25. The molecule has 2 N–H and O–H groups in total. The van der Waals surface area contributed by atoms with E-state index < -0.39 is 6.03 Å². The Morgan fingerprint density at radius 2 is 1.74 bits per heavy atom. The maximum atomic E-state index is 13.0. The van der Waals surface area contributed by atoms with Crippen LogP contribution in [0.1, 0.15) is 16.7 Å². The van der Waals surface area contributed by atoms with Gasteiger partial charge in [-0.2, -0.15) is 0 Å². The Morgan fingerprint density at radius 3 is 2.54 bits per heavy atom. The minimum absolute atomic E-state index is 0.109. The second kappa shape index (κ2) is 9.30. The van der Waals surface area contributed by atoms with Crippen molar-refractivity contribution in [2.24, 2.45) is 0 Å². The number of amides is 4. The molecule has 174 valence electrons. The summed E-state index contributed by atoms with van der Waals surface area (Å²) < 4.78 is 1.84. The van der Waals surface area contributed by atoms with Gasteiger partial charge in [0.1, 0.15) is 12.2 Å². The second-order valence-electron chi connectivity index (χ2n) is 8.51. The highest BCUT2D eigenvalue weighted by molar-refractivity contribution is 6.14. The molecule has 0 spiro atoms. The van der Waals surface area contributed by atoms with Crippen molar-refractivity contribution in [3.63, 3.8) is 0 Å². The normalized spacial score (nSPS) is 14.5. The van der Waals surface area contributed by atoms with Crippen molar-refractivity contribution in [1.82, 2.24) is 14.8 Å². The summed E-state index contributed by atoms with van der Waals surface area (Å²) in [4.78, 5) is 39.4. The lowest BCUT2D eigenvalue weighted by Gasteiger charge is -2.12. The van der Waals surface area contributed by atoms with E-state index in [1.807, 2.05) is 96.6 Å². The summed E-state index contributed by atoms with van der Waals surface area (Å²) in [7, 11) is 0. The SMILES string of the molecule is Cc1cccc(CN2C(=O)N/C(=C/c3cn(CC(=O)Nc4ccccc4)c4ccccc34)C2=O)c1. The van der Waals surface area contributed by atoms with Gasteiger partial charge in [-0.3, -0.25) is 14.5 Å². The van der Waals surface area contributed by atoms with Crippen LogP contribution in [0.4, 0.5) is 10.5 Å². The third kappa shape index (κ3) is 4.70. The van der Waals surface area contributed by atoms with Gasteiger partial charge in [-0.1, -0.05) is 66.2 Å². The average Bonchev–Trinajstić information content (AvgIpc) is 3.31. The van der Waals surface area contributed by atoms with Crippen LogP contribution in [0.25, 0.3) is 17.0 Å². The Hall–Kier alpha value is -4.65. The van der Waals surface area contributed by atoms with Crippen molar-refractivity contribution in [1.29, 1.82) is 0 Å². The Balaban J connectivity index is 1.40. The quantitative estimate of drug-likeness (QED) is 0.321. The lowest BCUT2D eigenvalue weighted by molar-refractivity contribution is -0.123. The van der Waals surface area contributed by atoms with Crippen LogP contribution >= 0.6 is 0 Å². The first-order valence-corrected chi connectivity index (χ1v) is 11.3. The van der Waals surface area contributed by atoms with Gasteiger partial charge in [0.25, 0.3) is 5.91 Å². The molecule has 1 aliphatic rings. The number of aromatic nitrogens is 1. The summed E-state index contributed by atoms with van der Waals surface area (Å²) in [6.45, 7) is 2.28. The number of fused-ring (bicyclic) bond motifs is 1. The molecule has 1 aliphatic heterocycles. The van der Waals surface area contributed by atoms with E-state index >= 15 is 0 Å². The Morgan fingerprint density at radius 1 is 0.971 bits per heavy atom. The fourth-order valence-corrected chi connectivity index (χ4v) is 4.26. The van der Waals surface area contributed by atoms with Crippen molar-refractivity contribution >= 4 is 40.5 Å². The van der Waals surface area contributed by atoms with E-state index in [0.717, 1.165) is 33.3 Å². The number of carbonyl (C=O) groups excluding carboxylic acids is 3. The number of urea groups is 1.